The number of amides is 1. The van der Waals surface area contributed by atoms with E-state index in [0.717, 1.165) is 43.7 Å². The molecule has 1 atom stereocenters. The van der Waals surface area contributed by atoms with Gasteiger partial charge in [-0.25, -0.2) is 0 Å². The molecule has 0 aliphatic carbocycles. The lowest BCUT2D eigenvalue weighted by Crippen LogP contribution is -2.44. The maximum Gasteiger partial charge on any atom is 0.223 e. The first-order valence-electron chi connectivity index (χ1n) is 8.62. The summed E-state index contributed by atoms with van der Waals surface area (Å²) in [4.78, 5) is 15.0. The summed E-state index contributed by atoms with van der Waals surface area (Å²) in [6.07, 6.45) is 2.72. The van der Waals surface area contributed by atoms with Gasteiger partial charge in [-0.3, -0.25) is 4.79 Å². The van der Waals surface area contributed by atoms with Crippen molar-refractivity contribution in [3.8, 4) is 5.75 Å². The zero-order valence-electron chi connectivity index (χ0n) is 14.7. The third kappa shape index (κ3) is 3.69. The largest absolute Gasteiger partial charge is 0.487 e. The predicted molar refractivity (Wildman–Crippen MR) is 91.6 cm³/mol. The first kappa shape index (κ1) is 16.3. The van der Waals surface area contributed by atoms with Crippen LogP contribution in [0.25, 0.3) is 0 Å². The molecular formula is C19H28N2O2. The number of aryl methyl sites for hydroxylation is 1. The molecule has 4 heteroatoms. The third-order valence-corrected chi connectivity index (χ3v) is 5.03. The van der Waals surface area contributed by atoms with Crippen molar-refractivity contribution in [1.29, 1.82) is 0 Å². The fourth-order valence-electron chi connectivity index (χ4n) is 3.66. The van der Waals surface area contributed by atoms with Gasteiger partial charge in [0, 0.05) is 17.9 Å². The molecule has 1 saturated heterocycles. The van der Waals surface area contributed by atoms with Crippen molar-refractivity contribution in [3.05, 3.63) is 29.3 Å². The molecule has 3 rings (SSSR count). The van der Waals surface area contributed by atoms with E-state index in [9.17, 15) is 4.79 Å². The monoisotopic (exact) mass is 316 g/mol. The number of benzene rings is 1. The van der Waals surface area contributed by atoms with Crippen LogP contribution in [0.2, 0.25) is 0 Å². The quantitative estimate of drug-likeness (QED) is 0.912. The normalized spacial score (nSPS) is 24.6. The number of carbonyl (C=O) groups is 1. The lowest BCUT2D eigenvalue weighted by atomic mass is 9.88. The topological polar surface area (TPSA) is 41.6 Å². The summed E-state index contributed by atoms with van der Waals surface area (Å²) < 4.78 is 6.09. The Morgan fingerprint density at radius 1 is 1.30 bits per heavy atom. The van der Waals surface area contributed by atoms with E-state index >= 15 is 0 Å². The van der Waals surface area contributed by atoms with Gasteiger partial charge in [0.05, 0.1) is 6.04 Å². The smallest absolute Gasteiger partial charge is 0.223 e. The van der Waals surface area contributed by atoms with Crippen LogP contribution in [0.15, 0.2) is 18.2 Å². The van der Waals surface area contributed by atoms with E-state index in [1.807, 2.05) is 6.07 Å². The molecular weight excluding hydrogens is 288 g/mol. The van der Waals surface area contributed by atoms with Crippen LogP contribution in [0.5, 0.6) is 5.75 Å². The second kappa shape index (κ2) is 6.16. The van der Waals surface area contributed by atoms with Gasteiger partial charge in [0.15, 0.2) is 0 Å². The second-order valence-corrected chi connectivity index (χ2v) is 7.75. The van der Waals surface area contributed by atoms with Gasteiger partial charge in [-0.15, -0.1) is 0 Å². The van der Waals surface area contributed by atoms with Crippen LogP contribution >= 0.6 is 0 Å². The van der Waals surface area contributed by atoms with Crippen molar-refractivity contribution in [2.24, 2.45) is 5.92 Å². The number of piperidine rings is 1. The van der Waals surface area contributed by atoms with Crippen LogP contribution in [0.1, 0.15) is 50.3 Å². The van der Waals surface area contributed by atoms with Crippen LogP contribution in [0, 0.1) is 12.8 Å². The van der Waals surface area contributed by atoms with Gasteiger partial charge in [-0.1, -0.05) is 17.7 Å². The third-order valence-electron chi connectivity index (χ3n) is 5.03. The molecule has 0 saturated carbocycles. The predicted octanol–water partition coefficient (Wildman–Crippen LogP) is 3.06. The number of nitrogens with zero attached hydrogens (tertiary/aromatic N) is 1. The van der Waals surface area contributed by atoms with E-state index in [1.54, 1.807) is 0 Å². The van der Waals surface area contributed by atoms with E-state index in [2.05, 4.69) is 50.2 Å². The number of nitrogens with one attached hydrogen (secondary N) is 1. The molecule has 23 heavy (non-hydrogen) atoms. The zero-order valence-corrected chi connectivity index (χ0v) is 14.7. The molecule has 2 aliphatic heterocycles. The van der Waals surface area contributed by atoms with Gasteiger partial charge in [-0.05, 0) is 59.8 Å². The van der Waals surface area contributed by atoms with Gasteiger partial charge in [0.1, 0.15) is 11.4 Å². The molecule has 1 fully saturated rings. The Morgan fingerprint density at radius 2 is 2.00 bits per heavy atom. The Bertz CT molecular complexity index is 589. The fraction of sp³-hybridized carbons (Fsp3) is 0.632. The Labute approximate surface area is 139 Å². The highest BCUT2D eigenvalue weighted by Gasteiger charge is 2.35. The number of hydrogen-bond donors (Lipinski definition) is 1. The lowest BCUT2D eigenvalue weighted by Gasteiger charge is -2.39. The molecule has 1 N–H and O–H groups in total. The maximum absolute atomic E-state index is 12.7. The maximum atomic E-state index is 12.7. The summed E-state index contributed by atoms with van der Waals surface area (Å²) in [5, 5.41) is 3.30. The molecule has 1 aromatic rings. The standard InChI is InChI=1S/C19H28N2O2/c1-13-5-6-17-15(11-13)16(12-19(2,3)23-17)20-18(22)14-7-9-21(4)10-8-14/h5-6,11,14,16H,7-10,12H2,1-4H3,(H,20,22)/t16-/m1/s1. The van der Waals surface area contributed by atoms with Gasteiger partial charge >= 0.3 is 0 Å². The lowest BCUT2D eigenvalue weighted by molar-refractivity contribution is -0.127. The van der Waals surface area contributed by atoms with E-state index in [4.69, 9.17) is 4.74 Å². The first-order valence-corrected chi connectivity index (χ1v) is 8.62. The molecule has 2 heterocycles. The molecule has 0 bridgehead atoms. The molecule has 1 amide bonds. The molecule has 1 aromatic carbocycles. The molecule has 2 aliphatic rings. The Hall–Kier alpha value is -1.55. The van der Waals surface area contributed by atoms with E-state index in [0.29, 0.717) is 0 Å². The molecule has 0 unspecified atom stereocenters. The highest BCUT2D eigenvalue weighted by Crippen LogP contribution is 2.40. The van der Waals surface area contributed by atoms with Gasteiger partial charge in [-0.2, -0.15) is 0 Å². The average molecular weight is 316 g/mol. The minimum atomic E-state index is -0.257. The Balaban J connectivity index is 1.76. The van der Waals surface area contributed by atoms with Crippen molar-refractivity contribution in [2.45, 2.75) is 51.7 Å². The summed E-state index contributed by atoms with van der Waals surface area (Å²) in [5.41, 5.74) is 2.06. The van der Waals surface area contributed by atoms with Crippen LogP contribution < -0.4 is 10.1 Å². The van der Waals surface area contributed by atoms with E-state index in [-0.39, 0.29) is 23.5 Å². The molecule has 4 nitrogen and oxygen atoms in total. The van der Waals surface area contributed by atoms with Crippen LogP contribution in [0.4, 0.5) is 0 Å². The number of fused-ring (bicyclic) bond motifs is 1. The summed E-state index contributed by atoms with van der Waals surface area (Å²) in [7, 11) is 2.12. The number of hydrogen-bond acceptors (Lipinski definition) is 3. The van der Waals surface area contributed by atoms with E-state index < -0.39 is 0 Å². The Morgan fingerprint density at radius 3 is 2.70 bits per heavy atom. The van der Waals surface area contributed by atoms with Gasteiger partial charge in [0.25, 0.3) is 0 Å². The molecule has 0 radical (unpaired) electrons. The number of ether oxygens (including phenoxy) is 1. The summed E-state index contributed by atoms with van der Waals surface area (Å²) in [5.74, 6) is 1.25. The fourth-order valence-corrected chi connectivity index (χ4v) is 3.66. The van der Waals surface area contributed by atoms with Crippen molar-refractivity contribution in [2.75, 3.05) is 20.1 Å². The summed E-state index contributed by atoms with van der Waals surface area (Å²) in [6, 6.07) is 6.28. The molecule has 126 valence electrons. The zero-order chi connectivity index (χ0) is 16.6. The highest BCUT2D eigenvalue weighted by molar-refractivity contribution is 5.79. The molecule has 0 aromatic heterocycles. The van der Waals surface area contributed by atoms with Gasteiger partial charge in [0.2, 0.25) is 5.91 Å². The first-order chi connectivity index (χ1) is 10.8. The van der Waals surface area contributed by atoms with Crippen molar-refractivity contribution < 1.29 is 9.53 Å². The minimum Gasteiger partial charge on any atom is -0.487 e. The van der Waals surface area contributed by atoms with E-state index in [1.165, 1.54) is 5.56 Å². The number of rotatable bonds is 2. The number of carbonyl (C=O) groups excluding carboxylic acids is 1. The number of likely N-dealkylation sites (tertiary alicyclic amines) is 1. The summed E-state index contributed by atoms with van der Waals surface area (Å²) in [6.45, 7) is 8.27. The van der Waals surface area contributed by atoms with Crippen LogP contribution in [-0.4, -0.2) is 36.5 Å². The van der Waals surface area contributed by atoms with Gasteiger partial charge < -0.3 is 15.0 Å². The van der Waals surface area contributed by atoms with Crippen LogP contribution in [0.3, 0.4) is 0 Å². The SMILES string of the molecule is Cc1ccc2c(c1)[C@H](NC(=O)C1CCN(C)CC1)CC(C)(C)O2. The van der Waals surface area contributed by atoms with Crippen LogP contribution in [-0.2, 0) is 4.79 Å². The minimum absolute atomic E-state index is 0.0424. The van der Waals surface area contributed by atoms with Crippen molar-refractivity contribution in [1.82, 2.24) is 10.2 Å². The summed E-state index contributed by atoms with van der Waals surface area (Å²) >= 11 is 0. The highest BCUT2D eigenvalue weighted by atomic mass is 16.5. The van der Waals surface area contributed by atoms with Crippen molar-refractivity contribution >= 4 is 5.91 Å². The second-order valence-electron chi connectivity index (χ2n) is 7.75. The molecule has 0 spiro atoms. The average Bonchev–Trinajstić information content (AvgIpc) is 2.48. The Kier molecular flexibility index (Phi) is 4.37. The van der Waals surface area contributed by atoms with Crippen molar-refractivity contribution in [3.63, 3.8) is 0 Å².